The molecule has 0 spiro atoms. The summed E-state index contributed by atoms with van der Waals surface area (Å²) in [5.74, 6) is -1.66. The number of amides is 1. The molecule has 0 aliphatic heterocycles. The van der Waals surface area contributed by atoms with Crippen LogP contribution in [0, 0.1) is 0 Å². The van der Waals surface area contributed by atoms with Crippen LogP contribution in [0.5, 0.6) is 0 Å². The van der Waals surface area contributed by atoms with Crippen molar-refractivity contribution < 1.29 is 23.5 Å². The summed E-state index contributed by atoms with van der Waals surface area (Å²) in [7, 11) is 0. The smallest absolute Gasteiger partial charge is 0.331 e. The van der Waals surface area contributed by atoms with Gasteiger partial charge in [-0.1, -0.05) is 12.1 Å². The van der Waals surface area contributed by atoms with E-state index < -0.39 is 23.8 Å². The molecule has 1 amide bonds. The van der Waals surface area contributed by atoms with Gasteiger partial charge in [-0.25, -0.2) is 13.6 Å². The average Bonchev–Trinajstić information content (AvgIpc) is 2.96. The van der Waals surface area contributed by atoms with Gasteiger partial charge in [0.2, 0.25) is 0 Å². The van der Waals surface area contributed by atoms with E-state index in [1.807, 2.05) is 0 Å². The highest BCUT2D eigenvalue weighted by Gasteiger charge is 2.30. The zero-order valence-electron chi connectivity index (χ0n) is 12.5. The number of benzene rings is 1. The maximum atomic E-state index is 12.6. The van der Waals surface area contributed by atoms with Crippen LogP contribution in [-0.2, 0) is 10.3 Å². The topological polar surface area (TPSA) is 84.2 Å². The van der Waals surface area contributed by atoms with E-state index in [0.29, 0.717) is 0 Å². The minimum atomic E-state index is -2.66. The molecule has 0 radical (unpaired) electrons. The number of halogens is 2. The fourth-order valence-electron chi connectivity index (χ4n) is 1.81. The molecule has 0 saturated heterocycles. The number of hydrogen-bond donors (Lipinski definition) is 2. The molecular weight excluding hydrogens is 308 g/mol. The predicted octanol–water partition coefficient (Wildman–Crippen LogP) is 2.89. The van der Waals surface area contributed by atoms with Gasteiger partial charge in [-0.3, -0.25) is 9.48 Å². The van der Waals surface area contributed by atoms with Crippen LogP contribution in [-0.4, -0.2) is 26.8 Å². The lowest BCUT2D eigenvalue weighted by molar-refractivity contribution is -0.146. The number of carbonyl (C=O) groups excluding carboxylic acids is 1. The highest BCUT2D eigenvalue weighted by molar-refractivity contribution is 6.04. The van der Waals surface area contributed by atoms with Crippen molar-refractivity contribution in [2.24, 2.45) is 0 Å². The molecule has 0 fully saturated rings. The second-order valence-corrected chi connectivity index (χ2v) is 5.42. The molecule has 0 unspecified atom stereocenters. The Morgan fingerprint density at radius 1 is 1.35 bits per heavy atom. The van der Waals surface area contributed by atoms with Crippen LogP contribution in [0.3, 0.4) is 0 Å². The van der Waals surface area contributed by atoms with E-state index >= 15 is 0 Å². The van der Waals surface area contributed by atoms with Gasteiger partial charge in [0.15, 0.2) is 5.54 Å². The van der Waals surface area contributed by atoms with Crippen LogP contribution in [0.25, 0.3) is 0 Å². The minimum Gasteiger partial charge on any atom is -0.479 e. The lowest BCUT2D eigenvalue weighted by Gasteiger charge is -2.19. The van der Waals surface area contributed by atoms with Gasteiger partial charge in [0.25, 0.3) is 12.3 Å². The molecule has 0 aliphatic carbocycles. The van der Waals surface area contributed by atoms with Crippen molar-refractivity contribution in [3.05, 3.63) is 47.8 Å². The summed E-state index contributed by atoms with van der Waals surface area (Å²) >= 11 is 0. The summed E-state index contributed by atoms with van der Waals surface area (Å²) < 4.78 is 26.5. The second kappa shape index (κ2) is 6.15. The number of alkyl halides is 2. The van der Waals surface area contributed by atoms with Crippen molar-refractivity contribution >= 4 is 17.6 Å². The lowest BCUT2D eigenvalue weighted by Crippen LogP contribution is -2.35. The van der Waals surface area contributed by atoms with Crippen molar-refractivity contribution in [2.45, 2.75) is 25.8 Å². The van der Waals surface area contributed by atoms with Gasteiger partial charge in [-0.2, -0.15) is 5.10 Å². The van der Waals surface area contributed by atoms with E-state index in [-0.39, 0.29) is 16.8 Å². The molecule has 8 heteroatoms. The first-order valence-electron chi connectivity index (χ1n) is 6.70. The minimum absolute atomic E-state index is 0.0769. The lowest BCUT2D eigenvalue weighted by atomic mass is 10.1. The highest BCUT2D eigenvalue weighted by Crippen LogP contribution is 2.21. The first-order valence-corrected chi connectivity index (χ1v) is 6.70. The van der Waals surface area contributed by atoms with Crippen molar-refractivity contribution in [2.75, 3.05) is 5.32 Å². The third-order valence-electron chi connectivity index (χ3n) is 3.34. The molecule has 0 bridgehead atoms. The number of aromatic nitrogens is 2. The maximum absolute atomic E-state index is 12.6. The third-order valence-corrected chi connectivity index (χ3v) is 3.34. The fourth-order valence-corrected chi connectivity index (χ4v) is 1.81. The molecule has 122 valence electrons. The quantitative estimate of drug-likeness (QED) is 0.886. The molecule has 0 aliphatic rings. The SMILES string of the molecule is CC(C)(C(=O)O)n1cc(NC(=O)c2cccc(C(F)F)c2)cn1. The molecule has 6 nitrogen and oxygen atoms in total. The summed E-state index contributed by atoms with van der Waals surface area (Å²) in [6.07, 6.45) is -0.00964. The summed E-state index contributed by atoms with van der Waals surface area (Å²) in [5, 5.41) is 15.5. The Morgan fingerprint density at radius 3 is 2.65 bits per heavy atom. The van der Waals surface area contributed by atoms with Gasteiger partial charge >= 0.3 is 5.97 Å². The Hall–Kier alpha value is -2.77. The van der Waals surface area contributed by atoms with Gasteiger partial charge in [0, 0.05) is 17.3 Å². The summed E-state index contributed by atoms with van der Waals surface area (Å²) in [6, 6.07) is 5.11. The summed E-state index contributed by atoms with van der Waals surface area (Å²) in [5.41, 5.74) is -1.18. The van der Waals surface area contributed by atoms with E-state index in [9.17, 15) is 18.4 Å². The Kier molecular flexibility index (Phi) is 4.44. The normalized spacial score (nSPS) is 11.5. The van der Waals surface area contributed by atoms with Gasteiger partial charge < -0.3 is 10.4 Å². The predicted molar refractivity (Wildman–Crippen MR) is 78.5 cm³/mol. The van der Waals surface area contributed by atoms with E-state index in [4.69, 9.17) is 5.11 Å². The van der Waals surface area contributed by atoms with Gasteiger partial charge in [-0.15, -0.1) is 0 Å². The molecule has 23 heavy (non-hydrogen) atoms. The highest BCUT2D eigenvalue weighted by atomic mass is 19.3. The molecule has 0 atom stereocenters. The fraction of sp³-hybridized carbons (Fsp3) is 0.267. The number of rotatable bonds is 5. The second-order valence-electron chi connectivity index (χ2n) is 5.42. The van der Waals surface area contributed by atoms with E-state index in [2.05, 4.69) is 10.4 Å². The standard InChI is InChI=1S/C15H15F2N3O3/c1-15(2,14(22)23)20-8-11(7-18-20)19-13(21)10-5-3-4-9(6-10)12(16)17/h3-8,12H,1-2H3,(H,19,21)(H,22,23). The Labute approximate surface area is 130 Å². The molecule has 2 N–H and O–H groups in total. The zero-order chi connectivity index (χ0) is 17.2. The number of nitrogens with zero attached hydrogens (tertiary/aromatic N) is 2. The molecule has 1 aromatic carbocycles. The largest absolute Gasteiger partial charge is 0.479 e. The number of carboxylic acids is 1. The van der Waals surface area contributed by atoms with E-state index in [1.54, 1.807) is 0 Å². The van der Waals surface area contributed by atoms with Crippen LogP contribution in [0.4, 0.5) is 14.5 Å². The van der Waals surface area contributed by atoms with E-state index in [1.165, 1.54) is 49.1 Å². The Morgan fingerprint density at radius 2 is 2.04 bits per heavy atom. The van der Waals surface area contributed by atoms with Crippen LogP contribution >= 0.6 is 0 Å². The Balaban J connectivity index is 2.17. The first kappa shape index (κ1) is 16.6. The number of carboxylic acid groups (broad SMARTS) is 1. The summed E-state index contributed by atoms with van der Waals surface area (Å²) in [6.45, 7) is 2.92. The number of hydrogen-bond acceptors (Lipinski definition) is 3. The molecule has 2 aromatic rings. The van der Waals surface area contributed by atoms with Gasteiger partial charge in [0.1, 0.15) is 0 Å². The molecule has 1 aromatic heterocycles. The van der Waals surface area contributed by atoms with Crippen LogP contribution in [0.15, 0.2) is 36.7 Å². The van der Waals surface area contributed by atoms with Crippen molar-refractivity contribution in [3.63, 3.8) is 0 Å². The number of aliphatic carboxylic acids is 1. The maximum Gasteiger partial charge on any atom is 0.331 e. The number of anilines is 1. The zero-order valence-corrected chi connectivity index (χ0v) is 12.5. The van der Waals surface area contributed by atoms with E-state index in [0.717, 1.165) is 6.07 Å². The Bertz CT molecular complexity index is 741. The molecule has 2 rings (SSSR count). The molecular formula is C15H15F2N3O3. The van der Waals surface area contributed by atoms with Crippen LogP contribution < -0.4 is 5.32 Å². The van der Waals surface area contributed by atoms with Gasteiger partial charge in [-0.05, 0) is 26.0 Å². The monoisotopic (exact) mass is 323 g/mol. The van der Waals surface area contributed by atoms with Crippen molar-refractivity contribution in [3.8, 4) is 0 Å². The third kappa shape index (κ3) is 3.53. The van der Waals surface area contributed by atoms with Crippen LogP contribution in [0.2, 0.25) is 0 Å². The van der Waals surface area contributed by atoms with Crippen molar-refractivity contribution in [1.82, 2.24) is 9.78 Å². The van der Waals surface area contributed by atoms with Gasteiger partial charge in [0.05, 0.1) is 11.9 Å². The molecule has 1 heterocycles. The van der Waals surface area contributed by atoms with Crippen LogP contribution in [0.1, 0.15) is 36.2 Å². The molecule has 0 saturated carbocycles. The summed E-state index contributed by atoms with van der Waals surface area (Å²) in [4.78, 5) is 23.2. The van der Waals surface area contributed by atoms with Crippen molar-refractivity contribution in [1.29, 1.82) is 0 Å². The first-order chi connectivity index (χ1) is 10.7. The average molecular weight is 323 g/mol. The number of nitrogens with one attached hydrogen (secondary N) is 1. The number of carbonyl (C=O) groups is 2.